The molecule has 26 heavy (non-hydrogen) atoms. The summed E-state index contributed by atoms with van der Waals surface area (Å²) in [6, 6.07) is 13.2. The zero-order valence-electron chi connectivity index (χ0n) is 14.5. The first-order valence-electron chi connectivity index (χ1n) is 8.13. The van der Waals surface area contributed by atoms with Crippen LogP contribution in [0.4, 0.5) is 16.2 Å². The van der Waals surface area contributed by atoms with Crippen LogP contribution in [-0.2, 0) is 9.59 Å². The average Bonchev–Trinajstić information content (AvgIpc) is 2.62. The molecule has 0 aromatic heterocycles. The number of methoxy groups -OCH3 is 1. The molecule has 1 saturated heterocycles. The van der Waals surface area contributed by atoms with Crippen molar-refractivity contribution in [1.82, 2.24) is 5.32 Å². The number of nitrogens with one attached hydrogen (secondary N) is 2. The van der Waals surface area contributed by atoms with Crippen molar-refractivity contribution in [3.05, 3.63) is 54.1 Å². The van der Waals surface area contributed by atoms with E-state index in [1.807, 2.05) is 25.1 Å². The van der Waals surface area contributed by atoms with Gasteiger partial charge in [-0.25, -0.2) is 9.69 Å². The lowest BCUT2D eigenvalue weighted by molar-refractivity contribution is -0.130. The summed E-state index contributed by atoms with van der Waals surface area (Å²) in [4.78, 5) is 38.4. The number of carbonyl (C=O) groups excluding carboxylic acids is 3. The molecule has 2 N–H and O–H groups in total. The Hall–Kier alpha value is -3.35. The Morgan fingerprint density at radius 1 is 1.19 bits per heavy atom. The second kappa shape index (κ2) is 7.26. The fourth-order valence-electron chi connectivity index (χ4n) is 2.74. The number of urea groups is 1. The molecule has 1 heterocycles. The average molecular weight is 353 g/mol. The maximum absolute atomic E-state index is 12.8. The summed E-state index contributed by atoms with van der Waals surface area (Å²) >= 11 is 0. The molecule has 4 amide bonds. The van der Waals surface area contributed by atoms with Crippen LogP contribution in [0.2, 0.25) is 0 Å². The van der Waals surface area contributed by atoms with E-state index in [1.165, 1.54) is 7.11 Å². The molecular weight excluding hydrogens is 334 g/mol. The number of hydrogen-bond donors (Lipinski definition) is 2. The van der Waals surface area contributed by atoms with E-state index >= 15 is 0 Å². The molecule has 134 valence electrons. The van der Waals surface area contributed by atoms with E-state index in [0.717, 1.165) is 10.5 Å². The van der Waals surface area contributed by atoms with Gasteiger partial charge in [0.15, 0.2) is 0 Å². The first kappa shape index (κ1) is 17.5. The van der Waals surface area contributed by atoms with Crippen molar-refractivity contribution in [3.63, 3.8) is 0 Å². The lowest BCUT2D eigenvalue weighted by Gasteiger charge is -2.30. The number of imide groups is 1. The van der Waals surface area contributed by atoms with Gasteiger partial charge in [0.25, 0.3) is 0 Å². The predicted molar refractivity (Wildman–Crippen MR) is 97.2 cm³/mol. The number of hydrogen-bond acceptors (Lipinski definition) is 4. The van der Waals surface area contributed by atoms with Gasteiger partial charge in [-0.1, -0.05) is 12.1 Å². The zero-order valence-corrected chi connectivity index (χ0v) is 14.5. The number of carbonyl (C=O) groups is 3. The van der Waals surface area contributed by atoms with E-state index in [1.54, 1.807) is 30.3 Å². The second-order valence-corrected chi connectivity index (χ2v) is 5.97. The van der Waals surface area contributed by atoms with Crippen LogP contribution in [0.15, 0.2) is 48.5 Å². The monoisotopic (exact) mass is 353 g/mol. The topological polar surface area (TPSA) is 87.7 Å². The van der Waals surface area contributed by atoms with Crippen molar-refractivity contribution in [1.29, 1.82) is 0 Å². The van der Waals surface area contributed by atoms with Crippen molar-refractivity contribution in [2.24, 2.45) is 5.92 Å². The molecule has 3 rings (SSSR count). The summed E-state index contributed by atoms with van der Waals surface area (Å²) in [5.74, 6) is -1.43. The van der Waals surface area contributed by atoms with Crippen LogP contribution in [0.5, 0.6) is 5.75 Å². The third-order valence-corrected chi connectivity index (χ3v) is 4.11. The van der Waals surface area contributed by atoms with Crippen molar-refractivity contribution in [2.75, 3.05) is 23.9 Å². The van der Waals surface area contributed by atoms with Gasteiger partial charge in [0.2, 0.25) is 11.8 Å². The van der Waals surface area contributed by atoms with Gasteiger partial charge in [-0.15, -0.1) is 0 Å². The Balaban J connectivity index is 1.79. The van der Waals surface area contributed by atoms with Gasteiger partial charge < -0.3 is 15.4 Å². The van der Waals surface area contributed by atoms with Gasteiger partial charge in [-0.05, 0) is 48.9 Å². The van der Waals surface area contributed by atoms with Gasteiger partial charge in [0, 0.05) is 12.2 Å². The van der Waals surface area contributed by atoms with Crippen LogP contribution >= 0.6 is 0 Å². The van der Waals surface area contributed by atoms with E-state index in [4.69, 9.17) is 4.74 Å². The van der Waals surface area contributed by atoms with Crippen LogP contribution in [0.1, 0.15) is 5.56 Å². The zero-order chi connectivity index (χ0) is 18.7. The summed E-state index contributed by atoms with van der Waals surface area (Å²) in [7, 11) is 1.53. The van der Waals surface area contributed by atoms with E-state index in [9.17, 15) is 14.4 Å². The van der Waals surface area contributed by atoms with Crippen LogP contribution in [0.25, 0.3) is 0 Å². The van der Waals surface area contributed by atoms with Gasteiger partial charge >= 0.3 is 6.03 Å². The summed E-state index contributed by atoms with van der Waals surface area (Å²) in [5, 5.41) is 5.32. The minimum absolute atomic E-state index is 0.0397. The second-order valence-electron chi connectivity index (χ2n) is 5.97. The van der Waals surface area contributed by atoms with Crippen LogP contribution in [0, 0.1) is 12.8 Å². The number of rotatable bonds is 4. The highest BCUT2D eigenvalue weighted by Gasteiger charge is 2.39. The highest BCUT2D eigenvalue weighted by Crippen LogP contribution is 2.23. The SMILES string of the molecule is COc1ccc(N2C(=O)NCC(C(=O)Nc3cccc(C)c3)C2=O)cc1. The van der Waals surface area contributed by atoms with Crippen molar-refractivity contribution < 1.29 is 19.1 Å². The van der Waals surface area contributed by atoms with E-state index in [2.05, 4.69) is 10.6 Å². The maximum atomic E-state index is 12.8. The fraction of sp³-hybridized carbons (Fsp3) is 0.211. The Labute approximate surface area is 150 Å². The van der Waals surface area contributed by atoms with E-state index in [-0.39, 0.29) is 6.54 Å². The third kappa shape index (κ3) is 3.51. The van der Waals surface area contributed by atoms with E-state index < -0.39 is 23.8 Å². The number of amides is 4. The molecule has 0 saturated carbocycles. The third-order valence-electron chi connectivity index (χ3n) is 4.11. The Kier molecular flexibility index (Phi) is 4.88. The highest BCUT2D eigenvalue weighted by molar-refractivity contribution is 6.23. The van der Waals surface area contributed by atoms with Crippen LogP contribution < -0.4 is 20.3 Å². The molecule has 2 aromatic rings. The molecule has 0 spiro atoms. The van der Waals surface area contributed by atoms with Crippen LogP contribution in [-0.4, -0.2) is 31.5 Å². The highest BCUT2D eigenvalue weighted by atomic mass is 16.5. The Bertz CT molecular complexity index is 848. The van der Waals surface area contributed by atoms with Gasteiger partial charge in [0.05, 0.1) is 12.8 Å². The van der Waals surface area contributed by atoms with Crippen molar-refractivity contribution in [3.8, 4) is 5.75 Å². The number of nitrogens with zero attached hydrogens (tertiary/aromatic N) is 1. The normalized spacial score (nSPS) is 16.8. The summed E-state index contributed by atoms with van der Waals surface area (Å²) in [6.07, 6.45) is 0. The summed E-state index contributed by atoms with van der Waals surface area (Å²) in [5.41, 5.74) is 1.97. The standard InChI is InChI=1S/C19H19N3O4/c1-12-4-3-5-13(10-12)21-17(23)16-11-20-19(25)22(18(16)24)14-6-8-15(26-2)9-7-14/h3-10,16H,11H2,1-2H3,(H,20,25)(H,21,23). The molecule has 7 nitrogen and oxygen atoms in total. The van der Waals surface area contributed by atoms with Crippen molar-refractivity contribution in [2.45, 2.75) is 6.92 Å². The molecule has 1 aliphatic rings. The van der Waals surface area contributed by atoms with Gasteiger partial charge in [-0.3, -0.25) is 9.59 Å². The molecule has 0 bridgehead atoms. The van der Waals surface area contributed by atoms with Crippen molar-refractivity contribution >= 4 is 29.2 Å². The molecule has 1 aliphatic heterocycles. The molecular formula is C19H19N3O4. The van der Waals surface area contributed by atoms with Gasteiger partial charge in [-0.2, -0.15) is 0 Å². The molecule has 2 aromatic carbocycles. The predicted octanol–water partition coefficient (Wildman–Crippen LogP) is 2.31. The molecule has 1 unspecified atom stereocenters. The summed E-state index contributed by atoms with van der Waals surface area (Å²) < 4.78 is 5.08. The minimum atomic E-state index is -1.00. The smallest absolute Gasteiger partial charge is 0.328 e. The molecule has 0 aliphatic carbocycles. The van der Waals surface area contributed by atoms with Crippen LogP contribution in [0.3, 0.4) is 0 Å². The number of anilines is 2. The first-order valence-corrected chi connectivity index (χ1v) is 8.13. The minimum Gasteiger partial charge on any atom is -0.497 e. The molecule has 0 radical (unpaired) electrons. The quantitative estimate of drug-likeness (QED) is 0.826. The Morgan fingerprint density at radius 2 is 1.92 bits per heavy atom. The lowest BCUT2D eigenvalue weighted by atomic mass is 10.0. The first-order chi connectivity index (χ1) is 12.5. The molecule has 7 heteroatoms. The fourth-order valence-corrected chi connectivity index (χ4v) is 2.74. The molecule has 1 fully saturated rings. The Morgan fingerprint density at radius 3 is 2.58 bits per heavy atom. The largest absolute Gasteiger partial charge is 0.497 e. The van der Waals surface area contributed by atoms with Gasteiger partial charge in [0.1, 0.15) is 11.7 Å². The molecule has 1 atom stereocenters. The van der Waals surface area contributed by atoms with E-state index in [0.29, 0.717) is 17.1 Å². The summed E-state index contributed by atoms with van der Waals surface area (Å²) in [6.45, 7) is 1.87. The number of aryl methyl sites for hydroxylation is 1. The maximum Gasteiger partial charge on any atom is 0.328 e. The lowest BCUT2D eigenvalue weighted by Crippen LogP contribution is -2.58. The number of benzene rings is 2. The number of ether oxygens (including phenoxy) is 1.